The Kier molecular flexibility index (Phi) is 4.91. The van der Waals surface area contributed by atoms with Gasteiger partial charge in [0.25, 0.3) is 5.91 Å². The Morgan fingerprint density at radius 1 is 1.15 bits per heavy atom. The van der Waals surface area contributed by atoms with Crippen LogP contribution in [0.1, 0.15) is 28.8 Å². The maximum atomic E-state index is 11.9. The molecule has 102 valence electrons. The van der Waals surface area contributed by atoms with Crippen LogP contribution in [0.2, 0.25) is 5.02 Å². The van der Waals surface area contributed by atoms with E-state index >= 15 is 0 Å². The predicted molar refractivity (Wildman–Crippen MR) is 82.3 cm³/mol. The largest absolute Gasteiger partial charge is 0.272 e. The molecule has 20 heavy (non-hydrogen) atoms. The van der Waals surface area contributed by atoms with Crippen LogP contribution in [0.25, 0.3) is 0 Å². The number of carbonyl (C=O) groups is 1. The first-order valence-corrected chi connectivity index (χ1v) is 6.69. The lowest BCUT2D eigenvalue weighted by atomic mass is 10.0. The fourth-order valence-corrected chi connectivity index (χ4v) is 1.98. The van der Waals surface area contributed by atoms with Crippen LogP contribution < -0.4 is 5.43 Å². The van der Waals surface area contributed by atoms with Crippen molar-refractivity contribution >= 4 is 23.7 Å². The Morgan fingerprint density at radius 2 is 1.80 bits per heavy atom. The lowest BCUT2D eigenvalue weighted by Crippen LogP contribution is -2.18. The van der Waals surface area contributed by atoms with Crippen molar-refractivity contribution < 1.29 is 4.79 Å². The van der Waals surface area contributed by atoms with Gasteiger partial charge in [0, 0.05) is 12.1 Å². The summed E-state index contributed by atoms with van der Waals surface area (Å²) in [5.74, 6) is -0.185. The molecule has 0 aromatic heterocycles. The molecular formula is C16H15ClN2O. The van der Waals surface area contributed by atoms with E-state index in [2.05, 4.69) is 10.5 Å². The number of amides is 1. The number of carbonyl (C=O) groups excluding carboxylic acids is 1. The van der Waals surface area contributed by atoms with Crippen molar-refractivity contribution in [3.05, 3.63) is 70.7 Å². The van der Waals surface area contributed by atoms with E-state index in [1.807, 2.05) is 37.3 Å². The van der Waals surface area contributed by atoms with E-state index in [4.69, 9.17) is 11.6 Å². The molecule has 0 radical (unpaired) electrons. The highest BCUT2D eigenvalue weighted by Gasteiger charge is 2.08. The lowest BCUT2D eigenvalue weighted by Gasteiger charge is -2.06. The third kappa shape index (κ3) is 3.68. The molecule has 0 heterocycles. The van der Waals surface area contributed by atoms with Crippen LogP contribution in [0.3, 0.4) is 0 Å². The molecule has 0 bridgehead atoms. The highest BCUT2D eigenvalue weighted by Crippen LogP contribution is 2.14. The van der Waals surface area contributed by atoms with E-state index in [9.17, 15) is 4.79 Å². The smallest absolute Gasteiger partial charge is 0.267 e. The molecule has 3 nitrogen and oxygen atoms in total. The highest BCUT2D eigenvalue weighted by atomic mass is 35.5. The molecule has 0 fully saturated rings. The molecule has 1 atom stereocenters. The average Bonchev–Trinajstić information content (AvgIpc) is 2.48. The van der Waals surface area contributed by atoms with Crippen LogP contribution in [-0.4, -0.2) is 12.1 Å². The molecule has 2 aromatic rings. The van der Waals surface area contributed by atoms with Crippen molar-refractivity contribution in [3.8, 4) is 0 Å². The Bertz CT molecular complexity index is 611. The molecule has 0 aliphatic carbocycles. The third-order valence-electron chi connectivity index (χ3n) is 2.91. The SMILES string of the molecule is CC(/C=N\NC(=O)c1ccccc1Cl)c1ccccc1. The molecule has 0 spiro atoms. The van der Waals surface area contributed by atoms with Crippen molar-refractivity contribution in [1.29, 1.82) is 0 Å². The van der Waals surface area contributed by atoms with Gasteiger partial charge in [-0.15, -0.1) is 0 Å². The quantitative estimate of drug-likeness (QED) is 0.673. The van der Waals surface area contributed by atoms with Gasteiger partial charge in [0.15, 0.2) is 0 Å². The van der Waals surface area contributed by atoms with Crippen molar-refractivity contribution in [2.24, 2.45) is 5.10 Å². The molecule has 1 amide bonds. The molecule has 4 heteroatoms. The van der Waals surface area contributed by atoms with Crippen LogP contribution >= 0.6 is 11.6 Å². The summed E-state index contributed by atoms with van der Waals surface area (Å²) in [6, 6.07) is 16.8. The summed E-state index contributed by atoms with van der Waals surface area (Å²) < 4.78 is 0. The maximum Gasteiger partial charge on any atom is 0.272 e. The van der Waals surface area contributed by atoms with Crippen LogP contribution in [0, 0.1) is 0 Å². The first kappa shape index (κ1) is 14.3. The number of nitrogens with zero attached hydrogens (tertiary/aromatic N) is 1. The molecule has 0 aliphatic heterocycles. The number of hydrazone groups is 1. The lowest BCUT2D eigenvalue weighted by molar-refractivity contribution is 0.0955. The van der Waals surface area contributed by atoms with Crippen molar-refractivity contribution in [2.45, 2.75) is 12.8 Å². The molecule has 0 aliphatic rings. The summed E-state index contributed by atoms with van der Waals surface area (Å²) in [4.78, 5) is 11.9. The van der Waals surface area contributed by atoms with Gasteiger partial charge < -0.3 is 0 Å². The average molecular weight is 287 g/mol. The van der Waals surface area contributed by atoms with Gasteiger partial charge in [-0.2, -0.15) is 5.10 Å². The molecule has 0 saturated heterocycles. The Hall–Kier alpha value is -2.13. The van der Waals surface area contributed by atoms with Crippen LogP contribution in [0.4, 0.5) is 0 Å². The monoisotopic (exact) mass is 286 g/mol. The Balaban J connectivity index is 1.97. The van der Waals surface area contributed by atoms with Gasteiger partial charge in [-0.25, -0.2) is 5.43 Å². The minimum atomic E-state index is -0.313. The van der Waals surface area contributed by atoms with Crippen LogP contribution in [0.15, 0.2) is 59.7 Å². The molecule has 1 unspecified atom stereocenters. The summed E-state index contributed by atoms with van der Waals surface area (Å²) in [5.41, 5.74) is 4.04. The van der Waals surface area contributed by atoms with Crippen molar-refractivity contribution in [1.82, 2.24) is 5.43 Å². The number of rotatable bonds is 4. The number of hydrogen-bond acceptors (Lipinski definition) is 2. The van der Waals surface area contributed by atoms with Crippen molar-refractivity contribution in [3.63, 3.8) is 0 Å². The summed E-state index contributed by atoms with van der Waals surface area (Å²) in [7, 11) is 0. The minimum Gasteiger partial charge on any atom is -0.267 e. The second-order valence-electron chi connectivity index (χ2n) is 4.40. The van der Waals surface area contributed by atoms with E-state index in [1.165, 1.54) is 0 Å². The first-order chi connectivity index (χ1) is 9.68. The first-order valence-electron chi connectivity index (χ1n) is 6.31. The summed E-state index contributed by atoms with van der Waals surface area (Å²) >= 11 is 5.94. The van der Waals surface area contributed by atoms with Gasteiger partial charge in [-0.3, -0.25) is 4.79 Å². The van der Waals surface area contributed by atoms with Crippen LogP contribution in [0.5, 0.6) is 0 Å². The fraction of sp³-hybridized carbons (Fsp3) is 0.125. The van der Waals surface area contributed by atoms with E-state index in [0.29, 0.717) is 10.6 Å². The van der Waals surface area contributed by atoms with Gasteiger partial charge in [-0.05, 0) is 17.7 Å². The van der Waals surface area contributed by atoms with Gasteiger partial charge in [0.2, 0.25) is 0 Å². The van der Waals surface area contributed by atoms with E-state index < -0.39 is 0 Å². The second-order valence-corrected chi connectivity index (χ2v) is 4.81. The molecular weight excluding hydrogens is 272 g/mol. The van der Waals surface area contributed by atoms with E-state index in [1.54, 1.807) is 30.5 Å². The molecule has 2 aromatic carbocycles. The van der Waals surface area contributed by atoms with Gasteiger partial charge >= 0.3 is 0 Å². The van der Waals surface area contributed by atoms with E-state index in [0.717, 1.165) is 5.56 Å². The zero-order valence-electron chi connectivity index (χ0n) is 11.1. The molecule has 0 saturated carbocycles. The normalized spacial score (nSPS) is 12.3. The maximum absolute atomic E-state index is 11.9. The summed E-state index contributed by atoms with van der Waals surface area (Å²) in [5, 5.41) is 4.40. The number of nitrogens with one attached hydrogen (secondary N) is 1. The fourth-order valence-electron chi connectivity index (χ4n) is 1.76. The van der Waals surface area contributed by atoms with Crippen LogP contribution in [-0.2, 0) is 0 Å². The number of benzene rings is 2. The molecule has 2 rings (SSSR count). The number of halogens is 1. The van der Waals surface area contributed by atoms with E-state index in [-0.39, 0.29) is 11.8 Å². The second kappa shape index (κ2) is 6.87. The zero-order chi connectivity index (χ0) is 14.4. The standard InChI is InChI=1S/C16H15ClN2O/c1-12(13-7-3-2-4-8-13)11-18-19-16(20)14-9-5-6-10-15(14)17/h2-12H,1H3,(H,19,20)/b18-11-. The predicted octanol–water partition coefficient (Wildman–Crippen LogP) is 3.86. The molecule has 1 N–H and O–H groups in total. The topological polar surface area (TPSA) is 41.5 Å². The zero-order valence-corrected chi connectivity index (χ0v) is 11.8. The van der Waals surface area contributed by atoms with Gasteiger partial charge in [0.05, 0.1) is 10.6 Å². The minimum absolute atomic E-state index is 0.128. The van der Waals surface area contributed by atoms with Gasteiger partial charge in [0.1, 0.15) is 0 Å². The summed E-state index contributed by atoms with van der Waals surface area (Å²) in [6.45, 7) is 2.01. The van der Waals surface area contributed by atoms with Gasteiger partial charge in [-0.1, -0.05) is 61.0 Å². The summed E-state index contributed by atoms with van der Waals surface area (Å²) in [6.07, 6.45) is 1.70. The highest BCUT2D eigenvalue weighted by molar-refractivity contribution is 6.33. The Morgan fingerprint density at radius 3 is 2.50 bits per heavy atom. The van der Waals surface area contributed by atoms with Crippen molar-refractivity contribution in [2.75, 3.05) is 0 Å². The number of hydrogen-bond donors (Lipinski definition) is 1. The Labute approximate surface area is 123 Å². The third-order valence-corrected chi connectivity index (χ3v) is 3.24.